The number of amides is 1. The second-order valence-corrected chi connectivity index (χ2v) is 6.06. The van der Waals surface area contributed by atoms with Gasteiger partial charge in [0.2, 0.25) is 5.91 Å². The van der Waals surface area contributed by atoms with Gasteiger partial charge in [-0.2, -0.15) is 0 Å². The first-order valence-corrected chi connectivity index (χ1v) is 8.45. The van der Waals surface area contributed by atoms with Gasteiger partial charge in [0.1, 0.15) is 5.82 Å². The van der Waals surface area contributed by atoms with Crippen molar-refractivity contribution >= 4 is 17.8 Å². The monoisotopic (exact) mass is 356 g/mol. The van der Waals surface area contributed by atoms with E-state index >= 15 is 0 Å². The van der Waals surface area contributed by atoms with Crippen molar-refractivity contribution in [3.8, 4) is 11.1 Å². The molecule has 1 atom stereocenters. The molecule has 1 aliphatic rings. The van der Waals surface area contributed by atoms with Crippen LogP contribution >= 0.6 is 0 Å². The van der Waals surface area contributed by atoms with E-state index in [0.29, 0.717) is 30.9 Å². The second-order valence-electron chi connectivity index (χ2n) is 6.06. The molecule has 1 aromatic heterocycles. The molecule has 0 saturated carbocycles. The minimum atomic E-state index is -0.480. The maximum Gasteiger partial charge on any atom is 0.220 e. The Morgan fingerprint density at radius 1 is 1.46 bits per heavy atom. The zero-order chi connectivity index (χ0) is 18.7. The van der Waals surface area contributed by atoms with Crippen LogP contribution in [0.3, 0.4) is 0 Å². The summed E-state index contributed by atoms with van der Waals surface area (Å²) in [6.45, 7) is 2.54. The van der Waals surface area contributed by atoms with E-state index in [1.54, 1.807) is 32.4 Å². The zero-order valence-corrected chi connectivity index (χ0v) is 14.7. The van der Waals surface area contributed by atoms with Crippen molar-refractivity contribution < 1.29 is 13.9 Å². The number of rotatable bonds is 5. The van der Waals surface area contributed by atoms with Crippen molar-refractivity contribution in [2.45, 2.75) is 26.0 Å². The van der Waals surface area contributed by atoms with Gasteiger partial charge >= 0.3 is 0 Å². The van der Waals surface area contributed by atoms with Gasteiger partial charge in [0, 0.05) is 48.9 Å². The van der Waals surface area contributed by atoms with Crippen molar-refractivity contribution in [3.63, 3.8) is 0 Å². The third-order valence-corrected chi connectivity index (χ3v) is 4.51. The molecule has 1 amide bonds. The lowest BCUT2D eigenvalue weighted by Crippen LogP contribution is -2.34. The smallest absolute Gasteiger partial charge is 0.220 e. The van der Waals surface area contributed by atoms with Crippen molar-refractivity contribution in [3.05, 3.63) is 47.0 Å². The van der Waals surface area contributed by atoms with Gasteiger partial charge in [-0.25, -0.2) is 4.39 Å². The molecular weight excluding hydrogens is 335 g/mol. The lowest BCUT2D eigenvalue weighted by atomic mass is 9.92. The number of nitrogens with zero attached hydrogens (tertiary/aromatic N) is 1. The molecule has 3 N–H and O–H groups in total. The number of carbonyl (C=O) groups excluding carboxylic acids is 1. The highest BCUT2D eigenvalue weighted by molar-refractivity contribution is 5.88. The summed E-state index contributed by atoms with van der Waals surface area (Å²) in [4.78, 5) is 16.1. The number of nitrogens with one attached hydrogen (secondary N) is 3. The van der Waals surface area contributed by atoms with E-state index < -0.39 is 5.82 Å². The molecular formula is C19H21FN4O2. The number of aromatic nitrogens is 1. The summed E-state index contributed by atoms with van der Waals surface area (Å²) in [5.41, 5.74) is 3.91. The fraction of sp³-hybridized carbons (Fsp3) is 0.316. The molecule has 0 bridgehead atoms. The zero-order valence-electron chi connectivity index (χ0n) is 14.7. The van der Waals surface area contributed by atoms with E-state index in [4.69, 9.17) is 10.1 Å². The summed E-state index contributed by atoms with van der Waals surface area (Å²) in [5.74, 6) is -0.539. The lowest BCUT2D eigenvalue weighted by molar-refractivity contribution is -0.122. The third kappa shape index (κ3) is 3.30. The van der Waals surface area contributed by atoms with Gasteiger partial charge in [-0.05, 0) is 23.3 Å². The number of benzene rings is 1. The number of hydrogen-bond acceptors (Lipinski definition) is 5. The summed E-state index contributed by atoms with van der Waals surface area (Å²) in [5, 5.41) is 13.2. The number of ether oxygens (including phenoxy) is 1. The Kier molecular flexibility index (Phi) is 5.27. The summed E-state index contributed by atoms with van der Waals surface area (Å²) < 4.78 is 20.1. The Labute approximate surface area is 151 Å². The molecule has 0 saturated heterocycles. The Balaban J connectivity index is 2.08. The molecule has 0 spiro atoms. The topological polar surface area (TPSA) is 87.1 Å². The molecule has 0 aliphatic carbocycles. The van der Waals surface area contributed by atoms with Crippen LogP contribution in [0.4, 0.5) is 10.1 Å². The molecule has 6 nitrogen and oxygen atoms in total. The third-order valence-electron chi connectivity index (χ3n) is 4.51. The van der Waals surface area contributed by atoms with Crippen LogP contribution in [0.25, 0.3) is 11.1 Å². The molecule has 1 unspecified atom stereocenters. The largest absolute Gasteiger partial charge is 0.387 e. The van der Waals surface area contributed by atoms with E-state index in [1.165, 1.54) is 6.07 Å². The molecule has 2 heterocycles. The highest BCUT2D eigenvalue weighted by atomic mass is 19.1. The summed E-state index contributed by atoms with van der Waals surface area (Å²) in [6.07, 6.45) is 4.78. The highest BCUT2D eigenvalue weighted by Gasteiger charge is 2.25. The number of fused-ring (bicyclic) bond motifs is 1. The van der Waals surface area contributed by atoms with Crippen LogP contribution in [0.5, 0.6) is 0 Å². The van der Waals surface area contributed by atoms with Crippen molar-refractivity contribution in [2.75, 3.05) is 19.0 Å². The number of anilines is 1. The van der Waals surface area contributed by atoms with E-state index in [-0.39, 0.29) is 17.5 Å². The Morgan fingerprint density at radius 3 is 2.96 bits per heavy atom. The van der Waals surface area contributed by atoms with E-state index in [9.17, 15) is 9.18 Å². The molecule has 0 fully saturated rings. The quantitative estimate of drug-likeness (QED) is 0.719. The highest BCUT2D eigenvalue weighted by Crippen LogP contribution is 2.35. The predicted molar refractivity (Wildman–Crippen MR) is 97.9 cm³/mol. The van der Waals surface area contributed by atoms with Crippen molar-refractivity contribution in [2.24, 2.45) is 0 Å². The average molecular weight is 356 g/mol. The number of pyridine rings is 1. The van der Waals surface area contributed by atoms with Gasteiger partial charge in [0.15, 0.2) is 0 Å². The van der Waals surface area contributed by atoms with Crippen LogP contribution in [0.15, 0.2) is 24.5 Å². The molecule has 26 heavy (non-hydrogen) atoms. The normalized spacial score (nSPS) is 15.9. The van der Waals surface area contributed by atoms with Crippen LogP contribution in [-0.4, -0.2) is 30.8 Å². The summed E-state index contributed by atoms with van der Waals surface area (Å²) in [7, 11) is 1.68. The van der Waals surface area contributed by atoms with Gasteiger partial charge in [-0.3, -0.25) is 9.78 Å². The maximum atomic E-state index is 14.4. The van der Waals surface area contributed by atoms with E-state index in [1.807, 2.05) is 0 Å². The molecule has 7 heteroatoms. The number of hydrogen-bond donors (Lipinski definition) is 3. The Hall–Kier alpha value is -2.80. The van der Waals surface area contributed by atoms with Gasteiger partial charge in [0.05, 0.1) is 24.8 Å². The van der Waals surface area contributed by atoms with E-state index in [0.717, 1.165) is 22.9 Å². The lowest BCUT2D eigenvalue weighted by Gasteiger charge is -2.28. The summed E-state index contributed by atoms with van der Waals surface area (Å²) >= 11 is 0. The van der Waals surface area contributed by atoms with Gasteiger partial charge in [-0.15, -0.1) is 0 Å². The molecule has 136 valence electrons. The maximum absolute atomic E-state index is 14.4. The molecule has 0 radical (unpaired) electrons. The minimum Gasteiger partial charge on any atom is -0.387 e. The fourth-order valence-corrected chi connectivity index (χ4v) is 3.12. The number of carbonyl (C=O) groups is 1. The molecule has 3 rings (SSSR count). The number of halogens is 1. The fourth-order valence-electron chi connectivity index (χ4n) is 3.12. The first-order chi connectivity index (χ1) is 12.6. The van der Waals surface area contributed by atoms with Crippen molar-refractivity contribution in [1.82, 2.24) is 10.3 Å². The van der Waals surface area contributed by atoms with Gasteiger partial charge in [-0.1, -0.05) is 6.92 Å². The van der Waals surface area contributed by atoms with Gasteiger partial charge in [0.25, 0.3) is 0 Å². The molecule has 2 aromatic rings. The standard InChI is InChI=1S/C19H21FN4O2/c1-3-19(25)24-18-10-26-9-15-13(7-23-8-14(15)18)11-4-16(20)12(6-21)17(5-11)22-2/h4-8,18,21-22H,3,9-10H2,1-2H3,(H,24,25). The van der Waals surface area contributed by atoms with Crippen molar-refractivity contribution in [1.29, 1.82) is 5.41 Å². The minimum absolute atomic E-state index is 0.0595. The van der Waals surface area contributed by atoms with Crippen LogP contribution in [0.2, 0.25) is 0 Å². The van der Waals surface area contributed by atoms with Crippen LogP contribution < -0.4 is 10.6 Å². The first kappa shape index (κ1) is 18.0. The Bertz CT molecular complexity index is 854. The average Bonchev–Trinajstić information content (AvgIpc) is 2.67. The van der Waals surface area contributed by atoms with Crippen LogP contribution in [0, 0.1) is 11.2 Å². The molecule has 1 aromatic carbocycles. The SMILES string of the molecule is CCC(=O)NC1COCc2c(-c3cc(F)c(C=N)c(NC)c3)cncc21. The summed E-state index contributed by atoms with van der Waals surface area (Å²) in [6, 6.07) is 2.91. The van der Waals surface area contributed by atoms with Crippen LogP contribution in [-0.2, 0) is 16.1 Å². The predicted octanol–water partition coefficient (Wildman–Crippen LogP) is 3.02. The van der Waals surface area contributed by atoms with Crippen LogP contribution in [0.1, 0.15) is 36.1 Å². The first-order valence-electron chi connectivity index (χ1n) is 8.45. The molecule has 1 aliphatic heterocycles. The van der Waals surface area contributed by atoms with E-state index in [2.05, 4.69) is 15.6 Å². The Morgan fingerprint density at radius 2 is 2.27 bits per heavy atom. The second kappa shape index (κ2) is 7.61. The van der Waals surface area contributed by atoms with Gasteiger partial charge < -0.3 is 20.8 Å².